The van der Waals surface area contributed by atoms with E-state index in [4.69, 9.17) is 14.7 Å². The molecule has 2 aromatic carbocycles. The van der Waals surface area contributed by atoms with E-state index in [1.54, 1.807) is 30.3 Å². The molecule has 2 aliphatic rings. The Balaban J connectivity index is 1.41. The predicted octanol–water partition coefficient (Wildman–Crippen LogP) is 3.78. The van der Waals surface area contributed by atoms with Crippen molar-refractivity contribution >= 4 is 6.09 Å². The molecule has 1 spiro atoms. The van der Waals surface area contributed by atoms with Crippen molar-refractivity contribution in [2.45, 2.75) is 31.0 Å². The van der Waals surface area contributed by atoms with Crippen molar-refractivity contribution in [1.82, 2.24) is 10.2 Å². The van der Waals surface area contributed by atoms with Crippen LogP contribution in [0.3, 0.4) is 0 Å². The van der Waals surface area contributed by atoms with E-state index < -0.39 is 0 Å². The number of likely N-dealkylation sites (tertiary alicyclic amines) is 1. The number of halogens is 1. The number of carbonyl (C=O) groups is 1. The van der Waals surface area contributed by atoms with Crippen molar-refractivity contribution in [2.24, 2.45) is 0 Å². The third kappa shape index (κ3) is 4.71. The van der Waals surface area contributed by atoms with E-state index in [0.29, 0.717) is 24.3 Å². The van der Waals surface area contributed by atoms with E-state index in [2.05, 4.69) is 16.3 Å². The summed E-state index contributed by atoms with van der Waals surface area (Å²) in [6, 6.07) is 15.5. The predicted molar refractivity (Wildman–Crippen MR) is 108 cm³/mol. The number of piperidine rings is 1. The molecule has 1 atom stereocenters. The third-order valence-electron chi connectivity index (χ3n) is 5.80. The molecule has 0 saturated carbocycles. The van der Waals surface area contributed by atoms with Crippen LogP contribution in [-0.2, 0) is 4.74 Å². The molecule has 1 N–H and O–H groups in total. The molecule has 1 unspecified atom stereocenters. The van der Waals surface area contributed by atoms with Crippen LogP contribution in [0.5, 0.6) is 5.75 Å². The highest BCUT2D eigenvalue weighted by atomic mass is 19.1. The van der Waals surface area contributed by atoms with Crippen molar-refractivity contribution in [1.29, 1.82) is 5.26 Å². The summed E-state index contributed by atoms with van der Waals surface area (Å²) in [5, 5.41) is 11.9. The minimum absolute atomic E-state index is 0.303. The molecule has 0 aromatic heterocycles. The summed E-state index contributed by atoms with van der Waals surface area (Å²) in [6.07, 6.45) is 1.59. The monoisotopic (exact) mass is 409 g/mol. The maximum absolute atomic E-state index is 13.8. The second-order valence-electron chi connectivity index (χ2n) is 7.86. The molecule has 1 amide bonds. The van der Waals surface area contributed by atoms with Gasteiger partial charge < -0.3 is 19.7 Å². The minimum atomic E-state index is -0.371. The van der Waals surface area contributed by atoms with E-state index in [0.717, 1.165) is 38.0 Å². The first-order chi connectivity index (χ1) is 14.5. The quantitative estimate of drug-likeness (QED) is 0.786. The van der Waals surface area contributed by atoms with Gasteiger partial charge in [0.25, 0.3) is 0 Å². The first-order valence-electron chi connectivity index (χ1n) is 10.2. The molecule has 0 bridgehead atoms. The molecule has 2 heterocycles. The Kier molecular flexibility index (Phi) is 5.86. The Labute approximate surface area is 175 Å². The summed E-state index contributed by atoms with van der Waals surface area (Å²) in [7, 11) is 0. The van der Waals surface area contributed by atoms with E-state index in [9.17, 15) is 9.18 Å². The molecule has 2 saturated heterocycles. The summed E-state index contributed by atoms with van der Waals surface area (Å²) in [5.41, 5.74) is 0.912. The second-order valence-corrected chi connectivity index (χ2v) is 7.86. The highest BCUT2D eigenvalue weighted by molar-refractivity contribution is 5.70. The number of nitrogens with zero attached hydrogens (tertiary/aromatic N) is 2. The van der Waals surface area contributed by atoms with Crippen molar-refractivity contribution in [2.75, 3.05) is 26.2 Å². The molecule has 30 heavy (non-hydrogen) atoms. The molecule has 2 fully saturated rings. The van der Waals surface area contributed by atoms with Crippen LogP contribution in [0, 0.1) is 17.1 Å². The zero-order valence-corrected chi connectivity index (χ0v) is 16.6. The first-order valence-corrected chi connectivity index (χ1v) is 10.2. The average Bonchev–Trinajstić information content (AvgIpc) is 3.12. The lowest BCUT2D eigenvalue weighted by molar-refractivity contribution is -0.00140. The Hall–Kier alpha value is -3.11. The van der Waals surface area contributed by atoms with Gasteiger partial charge in [0.1, 0.15) is 23.3 Å². The van der Waals surface area contributed by atoms with Crippen LogP contribution in [0.25, 0.3) is 0 Å². The smallest absolute Gasteiger partial charge is 0.407 e. The number of ether oxygens (including phenoxy) is 2. The van der Waals surface area contributed by atoms with Crippen LogP contribution in [0.2, 0.25) is 0 Å². The lowest BCUT2D eigenvalue weighted by Crippen LogP contribution is -2.47. The molecule has 6 nitrogen and oxygen atoms in total. The van der Waals surface area contributed by atoms with Crippen LogP contribution in [-0.4, -0.2) is 42.8 Å². The number of carbonyl (C=O) groups excluding carboxylic acids is 1. The number of amides is 1. The van der Waals surface area contributed by atoms with Gasteiger partial charge in [-0.25, -0.2) is 9.18 Å². The second kappa shape index (κ2) is 8.72. The van der Waals surface area contributed by atoms with Gasteiger partial charge in [-0.05, 0) is 35.9 Å². The highest BCUT2D eigenvalue weighted by Crippen LogP contribution is 2.31. The molecule has 0 aliphatic carbocycles. The molecule has 7 heteroatoms. The number of hydrogen-bond donors (Lipinski definition) is 1. The number of nitrogens with one attached hydrogen (secondary N) is 1. The zero-order chi connectivity index (χ0) is 21.0. The maximum atomic E-state index is 13.8. The fraction of sp³-hybridized carbons (Fsp3) is 0.391. The SMILES string of the molecule is N#Cc1cccc(OC(CCN2CCC3(CC2)CNC(=O)O3)c2cccc(F)c2)c1. The first kappa shape index (κ1) is 20.2. The zero-order valence-electron chi connectivity index (χ0n) is 16.6. The van der Waals surface area contributed by atoms with Gasteiger partial charge in [-0.15, -0.1) is 0 Å². The number of rotatable bonds is 6. The summed E-state index contributed by atoms with van der Waals surface area (Å²) in [4.78, 5) is 13.7. The normalized spacial score (nSPS) is 19.0. The lowest BCUT2D eigenvalue weighted by atomic mass is 9.91. The standard InChI is InChI=1S/C23H24FN3O3/c24-19-5-2-4-18(14-19)21(29-20-6-1-3-17(13-20)15-25)7-10-27-11-8-23(9-12-27)16-26-22(28)30-23/h1-6,13-14,21H,7-12,16H2,(H,26,28). The van der Waals surface area contributed by atoms with E-state index in [1.807, 2.05) is 6.07 Å². The van der Waals surface area contributed by atoms with Gasteiger partial charge in [0, 0.05) is 38.9 Å². The molecule has 2 aromatic rings. The average molecular weight is 409 g/mol. The van der Waals surface area contributed by atoms with Crippen molar-refractivity contribution in [3.63, 3.8) is 0 Å². The molecule has 156 valence electrons. The van der Waals surface area contributed by atoms with Gasteiger partial charge in [-0.2, -0.15) is 5.26 Å². The fourth-order valence-electron chi connectivity index (χ4n) is 4.07. The number of nitriles is 1. The Bertz CT molecular complexity index is 951. The summed E-state index contributed by atoms with van der Waals surface area (Å²) in [5.74, 6) is 0.284. The maximum Gasteiger partial charge on any atom is 0.407 e. The largest absolute Gasteiger partial charge is 0.486 e. The molecule has 4 rings (SSSR count). The molecule has 2 aliphatic heterocycles. The van der Waals surface area contributed by atoms with Crippen LogP contribution in [0.4, 0.5) is 9.18 Å². The van der Waals surface area contributed by atoms with E-state index in [1.165, 1.54) is 12.1 Å². The fourth-order valence-corrected chi connectivity index (χ4v) is 4.07. The van der Waals surface area contributed by atoms with Gasteiger partial charge in [0.05, 0.1) is 18.2 Å². The summed E-state index contributed by atoms with van der Waals surface area (Å²) >= 11 is 0. The Morgan fingerprint density at radius 2 is 2.03 bits per heavy atom. The van der Waals surface area contributed by atoms with Crippen molar-refractivity contribution in [3.05, 3.63) is 65.5 Å². The van der Waals surface area contributed by atoms with Crippen LogP contribution >= 0.6 is 0 Å². The van der Waals surface area contributed by atoms with Crippen molar-refractivity contribution < 1.29 is 18.7 Å². The lowest BCUT2D eigenvalue weighted by Gasteiger charge is -2.37. The minimum Gasteiger partial charge on any atom is -0.486 e. The van der Waals surface area contributed by atoms with Gasteiger partial charge in [0.2, 0.25) is 0 Å². The van der Waals surface area contributed by atoms with Gasteiger partial charge in [0.15, 0.2) is 0 Å². The van der Waals surface area contributed by atoms with Gasteiger partial charge in [-0.1, -0.05) is 18.2 Å². The topological polar surface area (TPSA) is 74.6 Å². The van der Waals surface area contributed by atoms with Gasteiger partial charge >= 0.3 is 6.09 Å². The Morgan fingerprint density at radius 3 is 2.73 bits per heavy atom. The van der Waals surface area contributed by atoms with Crippen LogP contribution in [0.15, 0.2) is 48.5 Å². The van der Waals surface area contributed by atoms with E-state index in [-0.39, 0.29) is 23.6 Å². The molecule has 0 radical (unpaired) electrons. The van der Waals surface area contributed by atoms with Crippen LogP contribution < -0.4 is 10.1 Å². The Morgan fingerprint density at radius 1 is 1.23 bits per heavy atom. The summed E-state index contributed by atoms with van der Waals surface area (Å²) in [6.45, 7) is 3.00. The molecular weight excluding hydrogens is 385 g/mol. The number of hydrogen-bond acceptors (Lipinski definition) is 5. The van der Waals surface area contributed by atoms with Crippen LogP contribution in [0.1, 0.15) is 36.5 Å². The highest BCUT2D eigenvalue weighted by Gasteiger charge is 2.42. The van der Waals surface area contributed by atoms with Gasteiger partial charge in [-0.3, -0.25) is 0 Å². The third-order valence-corrected chi connectivity index (χ3v) is 5.80. The molecular formula is C23H24FN3O3. The van der Waals surface area contributed by atoms with Crippen molar-refractivity contribution in [3.8, 4) is 11.8 Å². The summed E-state index contributed by atoms with van der Waals surface area (Å²) < 4.78 is 25.5. The number of alkyl carbamates (subject to hydrolysis) is 1. The number of benzene rings is 2. The van der Waals surface area contributed by atoms with E-state index >= 15 is 0 Å².